The van der Waals surface area contributed by atoms with Crippen LogP contribution in [-0.4, -0.2) is 17.0 Å². The van der Waals surface area contributed by atoms with Gasteiger partial charge in [-0.2, -0.15) is 0 Å². The van der Waals surface area contributed by atoms with Crippen molar-refractivity contribution in [2.75, 3.05) is 0 Å². The van der Waals surface area contributed by atoms with Crippen LogP contribution in [0.4, 0.5) is 0 Å². The summed E-state index contributed by atoms with van der Waals surface area (Å²) in [6.07, 6.45) is 0.788. The number of hydrogen-bond acceptors (Lipinski definition) is 4. The van der Waals surface area contributed by atoms with E-state index in [0.29, 0.717) is 19.4 Å². The summed E-state index contributed by atoms with van der Waals surface area (Å²) in [5.41, 5.74) is 3.83. The Bertz CT molecular complexity index is 1090. The minimum atomic E-state index is -0.887. The molecule has 0 saturated heterocycles. The molecule has 170 valence electrons. The van der Waals surface area contributed by atoms with Crippen LogP contribution >= 0.6 is 0 Å². The predicted molar refractivity (Wildman–Crippen MR) is 124 cm³/mol. The first kappa shape index (κ1) is 22.6. The summed E-state index contributed by atoms with van der Waals surface area (Å²) < 4.78 is 5.84. The van der Waals surface area contributed by atoms with Crippen LogP contribution < -0.4 is 15.5 Å². The molecule has 1 fully saturated rings. The first-order valence-electron chi connectivity index (χ1n) is 11.1. The van der Waals surface area contributed by atoms with Gasteiger partial charge in [0.1, 0.15) is 12.4 Å². The van der Waals surface area contributed by atoms with Crippen LogP contribution in [0.25, 0.3) is 0 Å². The van der Waals surface area contributed by atoms with Gasteiger partial charge in [0.25, 0.3) is 0 Å². The topological polar surface area (TPSA) is 87.7 Å². The summed E-state index contributed by atoms with van der Waals surface area (Å²) in [6, 6.07) is 27.0. The van der Waals surface area contributed by atoms with Crippen LogP contribution in [0.3, 0.4) is 0 Å². The molecule has 0 aromatic heterocycles. The van der Waals surface area contributed by atoms with Crippen molar-refractivity contribution in [3.8, 4) is 5.75 Å². The van der Waals surface area contributed by atoms with E-state index in [1.807, 2.05) is 91.9 Å². The van der Waals surface area contributed by atoms with E-state index in [1.165, 1.54) is 0 Å². The number of hydrogen-bond donors (Lipinski definition) is 3. The molecular formula is C27H28N2O4. The second-order valence-electron chi connectivity index (χ2n) is 8.59. The minimum absolute atomic E-state index is 0.183. The van der Waals surface area contributed by atoms with Crippen molar-refractivity contribution < 1.29 is 19.5 Å². The molecule has 3 N–H and O–H groups in total. The number of ether oxygens (including phenoxy) is 1. The zero-order valence-corrected chi connectivity index (χ0v) is 18.5. The number of nitrogens with one attached hydrogen (secondary N) is 2. The molecule has 0 heterocycles. The van der Waals surface area contributed by atoms with Gasteiger partial charge in [-0.05, 0) is 48.6 Å². The van der Waals surface area contributed by atoms with E-state index < -0.39 is 17.2 Å². The van der Waals surface area contributed by atoms with Crippen molar-refractivity contribution in [1.29, 1.82) is 0 Å². The second kappa shape index (κ2) is 9.88. The normalized spacial score (nSPS) is 19.9. The van der Waals surface area contributed by atoms with Crippen molar-refractivity contribution >= 4 is 11.8 Å². The van der Waals surface area contributed by atoms with E-state index in [0.717, 1.165) is 22.4 Å². The van der Waals surface area contributed by atoms with Gasteiger partial charge in [0, 0.05) is 0 Å². The Morgan fingerprint density at radius 1 is 0.970 bits per heavy atom. The number of amides is 2. The molecular weight excluding hydrogens is 416 g/mol. The summed E-state index contributed by atoms with van der Waals surface area (Å²) in [5, 5.41) is 12.2. The number of carbonyl (C=O) groups is 2. The van der Waals surface area contributed by atoms with Crippen LogP contribution in [0.5, 0.6) is 5.75 Å². The van der Waals surface area contributed by atoms with Crippen molar-refractivity contribution in [3.05, 3.63) is 102 Å². The molecule has 33 heavy (non-hydrogen) atoms. The Labute approximate surface area is 193 Å². The van der Waals surface area contributed by atoms with Crippen molar-refractivity contribution in [1.82, 2.24) is 10.8 Å². The number of hydroxylamine groups is 1. The Morgan fingerprint density at radius 3 is 2.24 bits per heavy atom. The molecule has 3 aromatic carbocycles. The van der Waals surface area contributed by atoms with E-state index in [-0.39, 0.29) is 11.9 Å². The van der Waals surface area contributed by atoms with E-state index in [1.54, 1.807) is 5.48 Å². The van der Waals surface area contributed by atoms with Gasteiger partial charge in [-0.1, -0.05) is 72.8 Å². The van der Waals surface area contributed by atoms with Crippen molar-refractivity contribution in [3.63, 3.8) is 0 Å². The van der Waals surface area contributed by atoms with Gasteiger partial charge in [-0.3, -0.25) is 14.8 Å². The summed E-state index contributed by atoms with van der Waals surface area (Å²) >= 11 is 0. The van der Waals surface area contributed by atoms with E-state index in [2.05, 4.69) is 5.32 Å². The highest BCUT2D eigenvalue weighted by molar-refractivity contribution is 5.96. The van der Waals surface area contributed by atoms with E-state index in [4.69, 9.17) is 9.94 Å². The number of carbonyl (C=O) groups excluding carboxylic acids is 2. The molecule has 0 spiro atoms. The smallest absolute Gasteiger partial charge is 0.247 e. The van der Waals surface area contributed by atoms with Gasteiger partial charge < -0.3 is 10.1 Å². The summed E-state index contributed by atoms with van der Waals surface area (Å²) in [7, 11) is 0. The van der Waals surface area contributed by atoms with E-state index in [9.17, 15) is 9.59 Å². The van der Waals surface area contributed by atoms with Gasteiger partial charge in [0.05, 0.1) is 17.4 Å². The maximum absolute atomic E-state index is 13.3. The average Bonchev–Trinajstić information content (AvgIpc) is 3.59. The fourth-order valence-corrected chi connectivity index (χ4v) is 4.23. The third kappa shape index (κ3) is 5.23. The molecule has 3 atom stereocenters. The molecule has 1 saturated carbocycles. The Hall–Kier alpha value is -3.64. The highest BCUT2D eigenvalue weighted by Gasteiger charge is 2.63. The molecule has 6 heteroatoms. The molecule has 2 amide bonds. The molecule has 6 nitrogen and oxygen atoms in total. The van der Waals surface area contributed by atoms with Crippen LogP contribution in [0.15, 0.2) is 84.9 Å². The van der Waals surface area contributed by atoms with Crippen LogP contribution in [0.2, 0.25) is 0 Å². The Kier molecular flexibility index (Phi) is 6.75. The van der Waals surface area contributed by atoms with Crippen molar-refractivity contribution in [2.24, 2.45) is 11.3 Å². The first-order valence-corrected chi connectivity index (χ1v) is 11.1. The first-order chi connectivity index (χ1) is 16.0. The monoisotopic (exact) mass is 444 g/mol. The maximum atomic E-state index is 13.3. The molecule has 1 unspecified atom stereocenters. The van der Waals surface area contributed by atoms with Gasteiger partial charge >= 0.3 is 0 Å². The lowest BCUT2D eigenvalue weighted by molar-refractivity contribution is -0.135. The summed E-state index contributed by atoms with van der Waals surface area (Å²) in [5.74, 6) is -0.545. The molecule has 3 aromatic rings. The largest absolute Gasteiger partial charge is 0.489 e. The average molecular weight is 445 g/mol. The minimum Gasteiger partial charge on any atom is -0.489 e. The zero-order valence-electron chi connectivity index (χ0n) is 18.5. The van der Waals surface area contributed by atoms with Gasteiger partial charge in [-0.15, -0.1) is 0 Å². The molecule has 1 aliphatic carbocycles. The third-order valence-electron chi connectivity index (χ3n) is 6.29. The van der Waals surface area contributed by atoms with Gasteiger partial charge in [0.2, 0.25) is 11.8 Å². The predicted octanol–water partition coefficient (Wildman–Crippen LogP) is 4.20. The lowest BCUT2D eigenvalue weighted by Crippen LogP contribution is -2.38. The molecule has 0 radical (unpaired) electrons. The lowest BCUT2D eigenvalue weighted by atomic mass is 9.92. The molecule has 1 aliphatic rings. The van der Waals surface area contributed by atoms with Crippen LogP contribution in [-0.2, 0) is 22.6 Å². The Morgan fingerprint density at radius 2 is 1.61 bits per heavy atom. The number of rotatable bonds is 9. The lowest BCUT2D eigenvalue weighted by Gasteiger charge is -2.21. The molecule has 0 aliphatic heterocycles. The maximum Gasteiger partial charge on any atom is 0.247 e. The highest BCUT2D eigenvalue weighted by Crippen LogP contribution is 2.55. The molecule has 0 bridgehead atoms. The summed E-state index contributed by atoms with van der Waals surface area (Å²) in [6.45, 7) is 2.39. The Balaban J connectivity index is 1.44. The van der Waals surface area contributed by atoms with Gasteiger partial charge in [-0.25, -0.2) is 5.48 Å². The highest BCUT2D eigenvalue weighted by atomic mass is 16.5. The second-order valence-corrected chi connectivity index (χ2v) is 8.59. The fourth-order valence-electron chi connectivity index (χ4n) is 4.23. The van der Waals surface area contributed by atoms with Crippen LogP contribution in [0, 0.1) is 11.3 Å². The fraction of sp³-hybridized carbons (Fsp3) is 0.259. The number of benzene rings is 3. The third-order valence-corrected chi connectivity index (χ3v) is 6.29. The van der Waals surface area contributed by atoms with Crippen molar-refractivity contribution in [2.45, 2.75) is 32.4 Å². The van der Waals surface area contributed by atoms with E-state index >= 15 is 0 Å². The summed E-state index contributed by atoms with van der Waals surface area (Å²) in [4.78, 5) is 25.4. The quantitative estimate of drug-likeness (QED) is 0.341. The van der Waals surface area contributed by atoms with Crippen LogP contribution in [0.1, 0.15) is 36.1 Å². The SMILES string of the molecule is CC(NC(=O)[C@@]1(Cc2ccc(OCc3ccccc3)cc2)C[C@@H]1C(=O)NO)c1ccccc1. The zero-order chi connectivity index (χ0) is 23.3. The molecule has 4 rings (SSSR count). The van der Waals surface area contributed by atoms with Gasteiger partial charge in [0.15, 0.2) is 0 Å². The standard InChI is InChI=1S/C27H28N2O4/c1-19(22-10-6-3-7-11-22)28-26(31)27(17-24(27)25(30)29-32)16-20-12-14-23(15-13-20)33-18-21-8-4-2-5-9-21/h2-15,19,24,32H,16-18H2,1H3,(H,28,31)(H,29,30)/t19?,24-,27+/m1/s1.